The molecule has 0 spiro atoms. The molecular formula is C29H23Cl2N7. The van der Waals surface area contributed by atoms with Crippen LogP contribution in [-0.4, -0.2) is 44.1 Å². The molecule has 9 heteroatoms. The van der Waals surface area contributed by atoms with Gasteiger partial charge < -0.3 is 15.2 Å². The van der Waals surface area contributed by atoms with Crippen LogP contribution in [0.3, 0.4) is 0 Å². The number of fused-ring (bicyclic) bond motifs is 3. The van der Waals surface area contributed by atoms with Crippen molar-refractivity contribution in [1.82, 2.24) is 30.2 Å². The molecule has 1 aromatic carbocycles. The molecule has 188 valence electrons. The molecule has 4 aromatic heterocycles. The van der Waals surface area contributed by atoms with Crippen LogP contribution in [-0.2, 0) is 0 Å². The van der Waals surface area contributed by atoms with Gasteiger partial charge in [0.25, 0.3) is 0 Å². The monoisotopic (exact) mass is 539 g/mol. The number of rotatable bonds is 4. The van der Waals surface area contributed by atoms with Gasteiger partial charge in [0, 0.05) is 74.9 Å². The molecule has 8 rings (SSSR count). The van der Waals surface area contributed by atoms with E-state index >= 15 is 0 Å². The van der Waals surface area contributed by atoms with Crippen molar-refractivity contribution in [2.75, 3.05) is 18.0 Å². The smallest absolute Gasteiger partial charge is 0.163 e. The maximum Gasteiger partial charge on any atom is 0.163 e. The maximum atomic E-state index is 6.52. The molecule has 0 radical (unpaired) electrons. The molecular weight excluding hydrogens is 517 g/mol. The Morgan fingerprint density at radius 2 is 1.89 bits per heavy atom. The number of halogens is 2. The maximum absolute atomic E-state index is 6.52. The first kappa shape index (κ1) is 22.5. The minimum Gasteiger partial charge on any atom is -0.339 e. The molecule has 5 aromatic rings. The highest BCUT2D eigenvalue weighted by Crippen LogP contribution is 2.46. The third-order valence-corrected chi connectivity index (χ3v) is 8.43. The van der Waals surface area contributed by atoms with Crippen molar-refractivity contribution in [3.8, 4) is 22.6 Å². The van der Waals surface area contributed by atoms with Crippen LogP contribution in [0.4, 0.5) is 5.82 Å². The van der Waals surface area contributed by atoms with E-state index in [-0.39, 0.29) is 0 Å². The van der Waals surface area contributed by atoms with E-state index < -0.39 is 0 Å². The van der Waals surface area contributed by atoms with Crippen molar-refractivity contribution < 1.29 is 0 Å². The summed E-state index contributed by atoms with van der Waals surface area (Å²) in [6, 6.07) is 9.86. The summed E-state index contributed by atoms with van der Waals surface area (Å²) in [6.45, 7) is 1.82. The Morgan fingerprint density at radius 1 is 0.974 bits per heavy atom. The van der Waals surface area contributed by atoms with Gasteiger partial charge in [-0.15, -0.1) is 0 Å². The average molecular weight is 540 g/mol. The van der Waals surface area contributed by atoms with E-state index in [1.165, 1.54) is 24.1 Å². The first-order valence-corrected chi connectivity index (χ1v) is 13.7. The van der Waals surface area contributed by atoms with Crippen LogP contribution in [0.25, 0.3) is 44.6 Å². The Labute approximate surface area is 228 Å². The van der Waals surface area contributed by atoms with E-state index in [0.29, 0.717) is 27.8 Å². The van der Waals surface area contributed by atoms with E-state index in [2.05, 4.69) is 37.3 Å². The standard InChI is InChI=1S/C29H23Cl2N7/c30-16-3-4-21(31)19(11-16)23-12-18-17(5-8-34-27(18)35-23)28-36-24-14-32-13-20(15-1-2-15)26(24)29(37-28)38-10-7-22-25(38)6-9-33-22/h3-6,8,11-15,22,33H,1-2,7,9-10H2,(H,34,35). The number of pyridine rings is 2. The van der Waals surface area contributed by atoms with Crippen LogP contribution >= 0.6 is 23.2 Å². The predicted molar refractivity (Wildman–Crippen MR) is 152 cm³/mol. The van der Waals surface area contributed by atoms with E-state index in [1.54, 1.807) is 18.3 Å². The Bertz CT molecular complexity index is 1790. The molecule has 1 saturated heterocycles. The van der Waals surface area contributed by atoms with Gasteiger partial charge in [-0.3, -0.25) is 4.98 Å². The lowest BCUT2D eigenvalue weighted by Crippen LogP contribution is -2.24. The molecule has 2 fully saturated rings. The van der Waals surface area contributed by atoms with Crippen molar-refractivity contribution in [2.45, 2.75) is 31.2 Å². The predicted octanol–water partition coefficient (Wildman–Crippen LogP) is 6.49. The van der Waals surface area contributed by atoms with Crippen molar-refractivity contribution in [2.24, 2.45) is 0 Å². The third kappa shape index (κ3) is 3.53. The molecule has 2 aliphatic heterocycles. The summed E-state index contributed by atoms with van der Waals surface area (Å²) in [6.07, 6.45) is 11.4. The highest BCUT2D eigenvalue weighted by Gasteiger charge is 2.35. The van der Waals surface area contributed by atoms with Crippen molar-refractivity contribution in [1.29, 1.82) is 0 Å². The van der Waals surface area contributed by atoms with Crippen molar-refractivity contribution in [3.63, 3.8) is 0 Å². The Morgan fingerprint density at radius 3 is 2.79 bits per heavy atom. The fourth-order valence-corrected chi connectivity index (χ4v) is 6.29. The zero-order valence-electron chi connectivity index (χ0n) is 20.4. The van der Waals surface area contributed by atoms with Gasteiger partial charge in [0.2, 0.25) is 0 Å². The number of anilines is 1. The van der Waals surface area contributed by atoms with Crippen LogP contribution < -0.4 is 10.2 Å². The number of nitrogens with one attached hydrogen (secondary N) is 2. The largest absolute Gasteiger partial charge is 0.339 e. The van der Waals surface area contributed by atoms with E-state index in [0.717, 1.165) is 64.1 Å². The van der Waals surface area contributed by atoms with Gasteiger partial charge in [0.05, 0.1) is 11.7 Å². The summed E-state index contributed by atoms with van der Waals surface area (Å²) in [5.74, 6) is 2.17. The van der Waals surface area contributed by atoms with Crippen molar-refractivity contribution >= 4 is 51.0 Å². The zero-order chi connectivity index (χ0) is 25.4. The first-order valence-electron chi connectivity index (χ1n) is 12.9. The van der Waals surface area contributed by atoms with Crippen LogP contribution in [0.1, 0.15) is 30.7 Å². The summed E-state index contributed by atoms with van der Waals surface area (Å²) >= 11 is 12.8. The SMILES string of the molecule is Clc1ccc(Cl)c(-c2cc3c(-c4nc(N5CCC6NCC=C65)c5c(C6CC6)cncc5n4)ccnc3[nH]2)c1. The molecule has 0 amide bonds. The van der Waals surface area contributed by atoms with Crippen LogP contribution in [0.15, 0.2) is 60.7 Å². The molecule has 38 heavy (non-hydrogen) atoms. The van der Waals surface area contributed by atoms with Gasteiger partial charge in [-0.1, -0.05) is 23.2 Å². The van der Waals surface area contributed by atoms with Gasteiger partial charge in [-0.2, -0.15) is 0 Å². The lowest BCUT2D eigenvalue weighted by molar-refractivity contribution is 0.660. The lowest BCUT2D eigenvalue weighted by Gasteiger charge is -2.22. The lowest BCUT2D eigenvalue weighted by atomic mass is 10.1. The summed E-state index contributed by atoms with van der Waals surface area (Å²) in [5, 5.41) is 6.89. The quantitative estimate of drug-likeness (QED) is 0.271. The Balaban J connectivity index is 1.34. The van der Waals surface area contributed by atoms with Gasteiger partial charge in [-0.25, -0.2) is 15.0 Å². The van der Waals surface area contributed by atoms with Crippen molar-refractivity contribution in [3.05, 3.63) is 76.3 Å². The number of aromatic nitrogens is 5. The van der Waals surface area contributed by atoms with Gasteiger partial charge in [-0.05, 0) is 67.2 Å². The topological polar surface area (TPSA) is 82.6 Å². The average Bonchev–Trinajstić information content (AvgIpc) is 3.31. The highest BCUT2D eigenvalue weighted by atomic mass is 35.5. The second-order valence-electron chi connectivity index (χ2n) is 10.2. The number of benzene rings is 1. The van der Waals surface area contributed by atoms with Crippen LogP contribution in [0.2, 0.25) is 10.0 Å². The molecule has 1 unspecified atom stereocenters. The van der Waals surface area contributed by atoms with Crippen LogP contribution in [0.5, 0.6) is 0 Å². The van der Waals surface area contributed by atoms with Gasteiger partial charge in [0.15, 0.2) is 5.82 Å². The highest BCUT2D eigenvalue weighted by molar-refractivity contribution is 6.35. The second kappa shape index (κ2) is 8.50. The third-order valence-electron chi connectivity index (χ3n) is 7.87. The summed E-state index contributed by atoms with van der Waals surface area (Å²) in [7, 11) is 0. The van der Waals surface area contributed by atoms with Gasteiger partial charge in [0.1, 0.15) is 11.5 Å². The number of hydrogen-bond acceptors (Lipinski definition) is 6. The molecule has 6 heterocycles. The zero-order valence-corrected chi connectivity index (χ0v) is 21.9. The van der Waals surface area contributed by atoms with Crippen LogP contribution in [0, 0.1) is 0 Å². The minimum absolute atomic E-state index is 0.386. The second-order valence-corrected chi connectivity index (χ2v) is 11.1. The molecule has 1 aliphatic carbocycles. The van der Waals surface area contributed by atoms with E-state index in [4.69, 9.17) is 33.2 Å². The minimum atomic E-state index is 0.386. The molecule has 0 bridgehead atoms. The number of aromatic amines is 1. The molecule has 1 atom stereocenters. The Kier molecular flexibility index (Phi) is 5.02. The fraction of sp³-hybridized carbons (Fsp3) is 0.241. The number of H-pyrrole nitrogens is 1. The molecule has 1 saturated carbocycles. The first-order chi connectivity index (χ1) is 18.6. The number of nitrogens with zero attached hydrogens (tertiary/aromatic N) is 5. The fourth-order valence-electron chi connectivity index (χ4n) is 5.90. The summed E-state index contributed by atoms with van der Waals surface area (Å²) < 4.78 is 0. The molecule has 2 N–H and O–H groups in total. The molecule has 7 nitrogen and oxygen atoms in total. The Hall–Kier alpha value is -3.52. The number of hydrogen-bond donors (Lipinski definition) is 2. The summed E-state index contributed by atoms with van der Waals surface area (Å²) in [4.78, 5) is 25.3. The normalized spacial score (nSPS) is 18.9. The molecule has 3 aliphatic rings. The van der Waals surface area contributed by atoms with E-state index in [9.17, 15) is 0 Å². The summed E-state index contributed by atoms with van der Waals surface area (Å²) in [5.41, 5.74) is 6.77. The van der Waals surface area contributed by atoms with E-state index in [1.807, 2.05) is 24.5 Å². The van der Waals surface area contributed by atoms with Gasteiger partial charge >= 0.3 is 0 Å².